The Labute approximate surface area is 183 Å². The number of hydrogen-bond acceptors (Lipinski definition) is 3. The van der Waals surface area contributed by atoms with Crippen molar-refractivity contribution in [2.45, 2.75) is 32.0 Å². The van der Waals surface area contributed by atoms with E-state index in [0.717, 1.165) is 39.8 Å². The maximum Gasteiger partial charge on any atom is 0.416 e. The van der Waals surface area contributed by atoms with Gasteiger partial charge < -0.3 is 9.84 Å². The van der Waals surface area contributed by atoms with Crippen molar-refractivity contribution in [1.82, 2.24) is 4.98 Å². The molecule has 1 aliphatic heterocycles. The first-order valence-corrected chi connectivity index (χ1v) is 10.3. The normalized spacial score (nSPS) is 15.4. The Morgan fingerprint density at radius 2 is 1.69 bits per heavy atom. The number of phenols is 1. The van der Waals surface area contributed by atoms with E-state index in [0.29, 0.717) is 17.0 Å². The minimum atomic E-state index is -4.47. The number of pyridine rings is 1. The number of hydrogen-bond donors (Lipinski definition) is 1. The van der Waals surface area contributed by atoms with Crippen molar-refractivity contribution in [2.24, 2.45) is 0 Å². The van der Waals surface area contributed by atoms with Crippen LogP contribution >= 0.6 is 0 Å². The molecule has 1 unspecified atom stereocenters. The highest BCUT2D eigenvalue weighted by atomic mass is 19.4. The number of fused-ring (bicyclic) bond motifs is 5. The number of halogens is 3. The highest BCUT2D eigenvalue weighted by Crippen LogP contribution is 2.48. The highest BCUT2D eigenvalue weighted by Gasteiger charge is 2.35. The molecule has 3 aromatic carbocycles. The summed E-state index contributed by atoms with van der Waals surface area (Å²) in [6.07, 6.45) is -3.44. The van der Waals surface area contributed by atoms with Gasteiger partial charge in [0.25, 0.3) is 0 Å². The standard InChI is InChI=1S/C26H20F3NO2/c1-14(2)15-3-5-16(6-4-15)25-24-20-10-8-18(31)12-22(20)30-13-21(24)19-9-7-17(26(27,28)29)11-23(19)32-25/h3-14,25,31H,1-2H3. The molecule has 6 heteroatoms. The Morgan fingerprint density at radius 1 is 0.938 bits per heavy atom. The summed E-state index contributed by atoms with van der Waals surface area (Å²) in [5.74, 6) is 0.617. The zero-order valence-electron chi connectivity index (χ0n) is 17.4. The van der Waals surface area contributed by atoms with Crippen molar-refractivity contribution in [2.75, 3.05) is 0 Å². The monoisotopic (exact) mass is 435 g/mol. The predicted molar refractivity (Wildman–Crippen MR) is 117 cm³/mol. The molecular formula is C26H20F3NO2. The van der Waals surface area contributed by atoms with E-state index >= 15 is 0 Å². The van der Waals surface area contributed by atoms with Gasteiger partial charge >= 0.3 is 6.18 Å². The molecule has 1 N–H and O–H groups in total. The molecule has 1 aromatic heterocycles. The lowest BCUT2D eigenvalue weighted by atomic mass is 9.87. The van der Waals surface area contributed by atoms with Crippen LogP contribution in [-0.4, -0.2) is 10.1 Å². The van der Waals surface area contributed by atoms with Crippen molar-refractivity contribution in [3.05, 3.63) is 89.1 Å². The van der Waals surface area contributed by atoms with Gasteiger partial charge in [0.15, 0.2) is 6.10 Å². The number of alkyl halides is 3. The molecule has 0 saturated heterocycles. The van der Waals surface area contributed by atoms with Crippen molar-refractivity contribution >= 4 is 10.9 Å². The first-order chi connectivity index (χ1) is 15.2. The van der Waals surface area contributed by atoms with Gasteiger partial charge in [-0.2, -0.15) is 13.2 Å². The van der Waals surface area contributed by atoms with Crippen molar-refractivity contribution in [1.29, 1.82) is 0 Å². The summed E-state index contributed by atoms with van der Waals surface area (Å²) in [6, 6.07) is 16.4. The van der Waals surface area contributed by atoms with Crippen LogP contribution in [0.5, 0.6) is 11.5 Å². The molecule has 32 heavy (non-hydrogen) atoms. The minimum Gasteiger partial charge on any atom is -0.508 e. The highest BCUT2D eigenvalue weighted by molar-refractivity contribution is 5.92. The number of phenolic OH excluding ortho intramolecular Hbond substituents is 1. The summed E-state index contributed by atoms with van der Waals surface area (Å²) in [5.41, 5.74) is 3.92. The van der Waals surface area contributed by atoms with Crippen LogP contribution in [0.4, 0.5) is 13.2 Å². The van der Waals surface area contributed by atoms with E-state index in [2.05, 4.69) is 18.8 Å². The van der Waals surface area contributed by atoms with E-state index in [1.54, 1.807) is 24.4 Å². The van der Waals surface area contributed by atoms with E-state index in [4.69, 9.17) is 4.74 Å². The second-order valence-electron chi connectivity index (χ2n) is 8.31. The van der Waals surface area contributed by atoms with Crippen LogP contribution in [0.15, 0.2) is 66.9 Å². The lowest BCUT2D eigenvalue weighted by molar-refractivity contribution is -0.137. The third-order valence-electron chi connectivity index (χ3n) is 5.91. The van der Waals surface area contributed by atoms with Gasteiger partial charge in [-0.25, -0.2) is 0 Å². The number of aromatic nitrogens is 1. The average molecular weight is 435 g/mol. The molecule has 0 fully saturated rings. The zero-order valence-corrected chi connectivity index (χ0v) is 17.4. The molecule has 5 rings (SSSR count). The average Bonchev–Trinajstić information content (AvgIpc) is 2.77. The summed E-state index contributed by atoms with van der Waals surface area (Å²) in [6.45, 7) is 4.20. The van der Waals surface area contributed by atoms with Crippen LogP contribution < -0.4 is 4.74 Å². The molecule has 162 valence electrons. The molecule has 1 aliphatic rings. The Hall–Kier alpha value is -3.54. The van der Waals surface area contributed by atoms with E-state index in [-0.39, 0.29) is 11.5 Å². The fourth-order valence-electron chi connectivity index (χ4n) is 4.20. The lowest BCUT2D eigenvalue weighted by Crippen LogP contribution is -2.17. The number of benzene rings is 3. The fraction of sp³-hybridized carbons (Fsp3) is 0.192. The molecule has 1 atom stereocenters. The molecule has 0 radical (unpaired) electrons. The van der Waals surface area contributed by atoms with Crippen molar-refractivity contribution < 1.29 is 23.0 Å². The fourth-order valence-corrected chi connectivity index (χ4v) is 4.20. The van der Waals surface area contributed by atoms with Gasteiger partial charge in [-0.1, -0.05) is 38.1 Å². The quantitative estimate of drug-likeness (QED) is 0.361. The molecular weight excluding hydrogens is 415 g/mol. The Morgan fingerprint density at radius 3 is 2.38 bits per heavy atom. The first-order valence-electron chi connectivity index (χ1n) is 10.3. The van der Waals surface area contributed by atoms with Crippen LogP contribution in [0, 0.1) is 0 Å². The minimum absolute atomic E-state index is 0.0923. The van der Waals surface area contributed by atoms with Gasteiger partial charge in [-0.05, 0) is 47.4 Å². The summed E-state index contributed by atoms with van der Waals surface area (Å²) >= 11 is 0. The number of aromatic hydroxyl groups is 1. The third-order valence-corrected chi connectivity index (χ3v) is 5.91. The molecule has 0 saturated carbocycles. The first kappa shape index (κ1) is 20.4. The molecule has 0 bridgehead atoms. The molecule has 0 amide bonds. The molecule has 0 aliphatic carbocycles. The second-order valence-corrected chi connectivity index (χ2v) is 8.31. The second kappa shape index (κ2) is 7.26. The summed E-state index contributed by atoms with van der Waals surface area (Å²) in [7, 11) is 0. The summed E-state index contributed by atoms with van der Waals surface area (Å²) < 4.78 is 46.3. The van der Waals surface area contributed by atoms with E-state index in [1.165, 1.54) is 6.07 Å². The van der Waals surface area contributed by atoms with E-state index in [1.807, 2.05) is 24.3 Å². The third kappa shape index (κ3) is 3.36. The molecule has 4 aromatic rings. The topological polar surface area (TPSA) is 42.4 Å². The molecule has 0 spiro atoms. The van der Waals surface area contributed by atoms with Crippen LogP contribution in [0.2, 0.25) is 0 Å². The maximum absolute atomic E-state index is 13.3. The van der Waals surface area contributed by atoms with Crippen LogP contribution in [-0.2, 0) is 6.18 Å². The SMILES string of the molecule is CC(C)c1ccc(C2Oc3cc(C(F)(F)F)ccc3-c3cnc4cc(O)ccc4c32)cc1. The van der Waals surface area contributed by atoms with Crippen LogP contribution in [0.25, 0.3) is 22.0 Å². The van der Waals surface area contributed by atoms with E-state index in [9.17, 15) is 18.3 Å². The predicted octanol–water partition coefficient (Wildman–Crippen LogP) is 7.23. The van der Waals surface area contributed by atoms with Crippen molar-refractivity contribution in [3.63, 3.8) is 0 Å². The molecule has 2 heterocycles. The van der Waals surface area contributed by atoms with E-state index < -0.39 is 17.8 Å². The molecule has 3 nitrogen and oxygen atoms in total. The Bertz CT molecular complexity index is 1330. The maximum atomic E-state index is 13.3. The Kier molecular flexibility index (Phi) is 4.62. The Balaban J connectivity index is 1.75. The number of rotatable bonds is 2. The largest absolute Gasteiger partial charge is 0.508 e. The van der Waals surface area contributed by atoms with Crippen LogP contribution in [0.1, 0.15) is 48.1 Å². The summed E-state index contributed by atoms with van der Waals surface area (Å²) in [4.78, 5) is 4.45. The smallest absolute Gasteiger partial charge is 0.416 e. The van der Waals surface area contributed by atoms with Gasteiger partial charge in [0.05, 0.1) is 11.1 Å². The van der Waals surface area contributed by atoms with Gasteiger partial charge in [0.2, 0.25) is 0 Å². The lowest BCUT2D eigenvalue weighted by Gasteiger charge is -2.30. The van der Waals surface area contributed by atoms with Gasteiger partial charge in [0.1, 0.15) is 11.5 Å². The number of nitrogens with zero attached hydrogens (tertiary/aromatic N) is 1. The zero-order chi connectivity index (χ0) is 22.6. The van der Waals surface area contributed by atoms with Crippen LogP contribution in [0.3, 0.4) is 0 Å². The summed E-state index contributed by atoms with van der Waals surface area (Å²) in [5, 5.41) is 10.7. The van der Waals surface area contributed by atoms with Gasteiger partial charge in [-0.15, -0.1) is 0 Å². The van der Waals surface area contributed by atoms with Gasteiger partial charge in [-0.3, -0.25) is 4.98 Å². The van der Waals surface area contributed by atoms with Gasteiger partial charge in [0, 0.05) is 34.3 Å². The number of ether oxygens (including phenoxy) is 1. The van der Waals surface area contributed by atoms with Crippen molar-refractivity contribution in [3.8, 4) is 22.6 Å².